The molecule has 1 aliphatic rings. The van der Waals surface area contributed by atoms with E-state index in [0.717, 1.165) is 5.56 Å². The molecule has 150 valence electrons. The molecule has 0 saturated carbocycles. The standard InChI is InChI=1S/C22H25FO5/c1-22(2)11-10-15-17(28-22)9-7-14(20(15)26-4)16(24)12-13-6-8-18(25-3)21(27-5)19(13)23/h6-11,16,24H,12H2,1-5H3. The lowest BCUT2D eigenvalue weighted by atomic mass is 9.95. The average Bonchev–Trinajstić information content (AvgIpc) is 2.67. The summed E-state index contributed by atoms with van der Waals surface area (Å²) >= 11 is 0. The Hall–Kier alpha value is -2.73. The number of rotatable bonds is 6. The molecule has 1 aliphatic heterocycles. The van der Waals surface area contributed by atoms with Crippen LogP contribution >= 0.6 is 0 Å². The lowest BCUT2D eigenvalue weighted by molar-refractivity contribution is 0.156. The normalized spacial score (nSPS) is 15.4. The Morgan fingerprint density at radius 1 is 1.04 bits per heavy atom. The number of fused-ring (bicyclic) bond motifs is 1. The topological polar surface area (TPSA) is 57.2 Å². The van der Waals surface area contributed by atoms with E-state index in [2.05, 4.69) is 0 Å². The van der Waals surface area contributed by atoms with Gasteiger partial charge in [-0.3, -0.25) is 0 Å². The highest BCUT2D eigenvalue weighted by molar-refractivity contribution is 5.69. The first-order valence-electron chi connectivity index (χ1n) is 8.98. The minimum Gasteiger partial charge on any atom is -0.496 e. The van der Waals surface area contributed by atoms with Crippen molar-refractivity contribution in [2.45, 2.75) is 32.0 Å². The highest BCUT2D eigenvalue weighted by Gasteiger charge is 2.27. The van der Waals surface area contributed by atoms with Gasteiger partial charge in [0, 0.05) is 12.0 Å². The zero-order chi connectivity index (χ0) is 20.5. The maximum absolute atomic E-state index is 14.8. The Labute approximate surface area is 164 Å². The van der Waals surface area contributed by atoms with E-state index in [9.17, 15) is 9.50 Å². The van der Waals surface area contributed by atoms with Crippen LogP contribution in [0.4, 0.5) is 4.39 Å². The number of hydrogen-bond acceptors (Lipinski definition) is 5. The summed E-state index contributed by atoms with van der Waals surface area (Å²) in [5.41, 5.74) is 1.22. The van der Waals surface area contributed by atoms with Crippen molar-refractivity contribution < 1.29 is 28.4 Å². The summed E-state index contributed by atoms with van der Waals surface area (Å²) < 4.78 is 36.5. The van der Waals surface area contributed by atoms with Crippen LogP contribution in [0.3, 0.4) is 0 Å². The van der Waals surface area contributed by atoms with Gasteiger partial charge in [-0.25, -0.2) is 4.39 Å². The van der Waals surface area contributed by atoms with E-state index in [0.29, 0.717) is 28.4 Å². The zero-order valence-electron chi connectivity index (χ0n) is 16.7. The third-order valence-electron chi connectivity index (χ3n) is 4.75. The van der Waals surface area contributed by atoms with Crippen LogP contribution in [0.15, 0.2) is 30.3 Å². The average molecular weight is 388 g/mol. The van der Waals surface area contributed by atoms with Gasteiger partial charge in [-0.2, -0.15) is 0 Å². The fourth-order valence-corrected chi connectivity index (χ4v) is 3.34. The van der Waals surface area contributed by atoms with Crippen LogP contribution < -0.4 is 18.9 Å². The van der Waals surface area contributed by atoms with Crippen molar-refractivity contribution in [3.8, 4) is 23.0 Å². The van der Waals surface area contributed by atoms with E-state index in [1.165, 1.54) is 21.3 Å². The first kappa shape index (κ1) is 20.0. The summed E-state index contributed by atoms with van der Waals surface area (Å²) in [6.07, 6.45) is 2.93. The van der Waals surface area contributed by atoms with Crippen LogP contribution in [0.25, 0.3) is 6.08 Å². The Morgan fingerprint density at radius 3 is 2.39 bits per heavy atom. The molecule has 1 heterocycles. The van der Waals surface area contributed by atoms with Crippen LogP contribution in [0, 0.1) is 5.82 Å². The summed E-state index contributed by atoms with van der Waals surface area (Å²) in [4.78, 5) is 0. The summed E-state index contributed by atoms with van der Waals surface area (Å²) in [5, 5.41) is 10.8. The monoisotopic (exact) mass is 388 g/mol. The second kappa shape index (κ2) is 7.72. The molecule has 2 aromatic rings. The van der Waals surface area contributed by atoms with Crippen LogP contribution in [0.5, 0.6) is 23.0 Å². The second-order valence-corrected chi connectivity index (χ2v) is 7.13. The molecule has 0 saturated heterocycles. The van der Waals surface area contributed by atoms with Gasteiger partial charge in [-0.15, -0.1) is 0 Å². The lowest BCUT2D eigenvalue weighted by Crippen LogP contribution is -2.27. The van der Waals surface area contributed by atoms with Crippen LogP contribution in [-0.2, 0) is 6.42 Å². The van der Waals surface area contributed by atoms with E-state index < -0.39 is 17.5 Å². The molecule has 1 N–H and O–H groups in total. The Balaban J connectivity index is 1.95. The molecule has 3 rings (SSSR count). The van der Waals surface area contributed by atoms with E-state index in [1.807, 2.05) is 26.0 Å². The maximum Gasteiger partial charge on any atom is 0.197 e. The quantitative estimate of drug-likeness (QED) is 0.799. The van der Waals surface area contributed by atoms with Crippen LogP contribution in [-0.4, -0.2) is 32.0 Å². The highest BCUT2D eigenvalue weighted by Crippen LogP contribution is 2.42. The molecule has 0 aromatic heterocycles. The Kier molecular flexibility index (Phi) is 5.52. The second-order valence-electron chi connectivity index (χ2n) is 7.13. The summed E-state index contributed by atoms with van der Waals surface area (Å²) in [7, 11) is 4.36. The van der Waals surface area contributed by atoms with Crippen molar-refractivity contribution in [2.24, 2.45) is 0 Å². The SMILES string of the molecule is COc1ccc(CC(O)c2ccc3c(c2OC)C=CC(C)(C)O3)c(F)c1OC. The maximum atomic E-state index is 14.8. The van der Waals surface area contributed by atoms with E-state index in [4.69, 9.17) is 18.9 Å². The molecular formula is C22H25FO5. The predicted octanol–water partition coefficient (Wildman–Crippen LogP) is 4.31. The number of hydrogen-bond donors (Lipinski definition) is 1. The van der Waals surface area contributed by atoms with Crippen molar-refractivity contribution in [1.82, 2.24) is 0 Å². The van der Waals surface area contributed by atoms with Crippen LogP contribution in [0.2, 0.25) is 0 Å². The van der Waals surface area contributed by atoms with Gasteiger partial charge in [0.25, 0.3) is 0 Å². The molecule has 0 spiro atoms. The third-order valence-corrected chi connectivity index (χ3v) is 4.75. The van der Waals surface area contributed by atoms with Gasteiger partial charge in [0.2, 0.25) is 0 Å². The number of methoxy groups -OCH3 is 3. The number of ether oxygens (including phenoxy) is 4. The molecule has 0 radical (unpaired) electrons. The van der Waals surface area contributed by atoms with Crippen molar-refractivity contribution in [3.05, 3.63) is 52.8 Å². The number of benzene rings is 2. The molecule has 0 amide bonds. The number of halogens is 1. The minimum absolute atomic E-state index is 0.0168. The van der Waals surface area contributed by atoms with Crippen LogP contribution in [0.1, 0.15) is 36.6 Å². The fraction of sp³-hybridized carbons (Fsp3) is 0.364. The lowest BCUT2D eigenvalue weighted by Gasteiger charge is -2.29. The summed E-state index contributed by atoms with van der Waals surface area (Å²) in [6.45, 7) is 3.92. The van der Waals surface area contributed by atoms with Gasteiger partial charge in [0.05, 0.1) is 33.0 Å². The molecule has 28 heavy (non-hydrogen) atoms. The molecule has 5 nitrogen and oxygen atoms in total. The van der Waals surface area contributed by atoms with Gasteiger partial charge >= 0.3 is 0 Å². The molecule has 6 heteroatoms. The first-order chi connectivity index (χ1) is 13.3. The van der Waals surface area contributed by atoms with Crippen molar-refractivity contribution in [1.29, 1.82) is 0 Å². The van der Waals surface area contributed by atoms with E-state index in [-0.39, 0.29) is 12.2 Å². The summed E-state index contributed by atoms with van der Waals surface area (Å²) in [6, 6.07) is 6.74. The fourth-order valence-electron chi connectivity index (χ4n) is 3.34. The first-order valence-corrected chi connectivity index (χ1v) is 8.98. The molecule has 0 aliphatic carbocycles. The van der Waals surface area contributed by atoms with Crippen molar-refractivity contribution >= 4 is 6.08 Å². The van der Waals surface area contributed by atoms with Crippen molar-refractivity contribution in [3.63, 3.8) is 0 Å². The van der Waals surface area contributed by atoms with Gasteiger partial charge in [0.1, 0.15) is 17.1 Å². The van der Waals surface area contributed by atoms with E-state index in [1.54, 1.807) is 24.3 Å². The molecule has 0 fully saturated rings. The third kappa shape index (κ3) is 3.64. The molecule has 1 atom stereocenters. The van der Waals surface area contributed by atoms with Crippen molar-refractivity contribution in [2.75, 3.05) is 21.3 Å². The Bertz CT molecular complexity index is 904. The Morgan fingerprint density at radius 2 is 1.75 bits per heavy atom. The summed E-state index contributed by atoms with van der Waals surface area (Å²) in [5.74, 6) is 0.954. The van der Waals surface area contributed by atoms with E-state index >= 15 is 0 Å². The predicted molar refractivity (Wildman–Crippen MR) is 105 cm³/mol. The minimum atomic E-state index is -0.976. The molecule has 0 bridgehead atoms. The molecule has 1 unspecified atom stereocenters. The molecular weight excluding hydrogens is 363 g/mol. The largest absolute Gasteiger partial charge is 0.496 e. The zero-order valence-corrected chi connectivity index (χ0v) is 16.7. The number of aliphatic hydroxyl groups excluding tert-OH is 1. The van der Waals surface area contributed by atoms with Gasteiger partial charge in [0.15, 0.2) is 17.3 Å². The van der Waals surface area contributed by atoms with Gasteiger partial charge in [-0.1, -0.05) is 6.07 Å². The molecule has 2 aromatic carbocycles. The van der Waals surface area contributed by atoms with Gasteiger partial charge < -0.3 is 24.1 Å². The number of aliphatic hydroxyl groups is 1. The highest BCUT2D eigenvalue weighted by atomic mass is 19.1. The smallest absolute Gasteiger partial charge is 0.197 e. The van der Waals surface area contributed by atoms with Gasteiger partial charge in [-0.05, 0) is 49.8 Å².